The molecule has 28 heavy (non-hydrogen) atoms. The molecule has 0 unspecified atom stereocenters. The van der Waals surface area contributed by atoms with Crippen LogP contribution in [0.5, 0.6) is 0 Å². The fraction of sp³-hybridized carbons (Fsp3) is 0.217. The lowest BCUT2D eigenvalue weighted by Crippen LogP contribution is -2.09. The molecule has 0 spiro atoms. The molecule has 142 valence electrons. The number of aromatic nitrogens is 3. The summed E-state index contributed by atoms with van der Waals surface area (Å²) in [6.07, 6.45) is 3.01. The van der Waals surface area contributed by atoms with Gasteiger partial charge in [0.2, 0.25) is 5.95 Å². The number of anilines is 3. The first kappa shape index (κ1) is 18.0. The molecular weight excluding hydrogens is 346 g/mol. The third-order valence-corrected chi connectivity index (χ3v) is 5.08. The van der Waals surface area contributed by atoms with Crippen LogP contribution in [0, 0.1) is 20.8 Å². The van der Waals surface area contributed by atoms with Crippen molar-refractivity contribution in [2.75, 3.05) is 17.2 Å². The minimum absolute atomic E-state index is 0.614. The van der Waals surface area contributed by atoms with Gasteiger partial charge in [0.15, 0.2) is 0 Å². The van der Waals surface area contributed by atoms with Crippen molar-refractivity contribution in [3.63, 3.8) is 0 Å². The zero-order valence-corrected chi connectivity index (χ0v) is 16.5. The van der Waals surface area contributed by atoms with Gasteiger partial charge in [-0.2, -0.15) is 4.98 Å². The van der Waals surface area contributed by atoms with Crippen LogP contribution in [0.2, 0.25) is 0 Å². The number of hydrogen-bond donors (Lipinski definition) is 3. The number of aryl methyl sites for hydroxylation is 2. The third kappa shape index (κ3) is 3.83. The Balaban J connectivity index is 1.46. The van der Waals surface area contributed by atoms with Crippen molar-refractivity contribution in [2.24, 2.45) is 0 Å². The number of hydrogen-bond acceptors (Lipinski definition) is 4. The zero-order valence-electron chi connectivity index (χ0n) is 16.5. The van der Waals surface area contributed by atoms with E-state index in [4.69, 9.17) is 0 Å². The molecule has 0 amide bonds. The normalized spacial score (nSPS) is 11.0. The molecule has 0 aliphatic rings. The first-order valence-electron chi connectivity index (χ1n) is 9.58. The number of nitrogens with zero attached hydrogens (tertiary/aromatic N) is 2. The van der Waals surface area contributed by atoms with Crippen LogP contribution in [-0.2, 0) is 6.42 Å². The molecule has 5 nitrogen and oxygen atoms in total. The fourth-order valence-corrected chi connectivity index (χ4v) is 3.39. The van der Waals surface area contributed by atoms with Crippen molar-refractivity contribution >= 4 is 28.4 Å². The third-order valence-electron chi connectivity index (χ3n) is 5.08. The van der Waals surface area contributed by atoms with Gasteiger partial charge < -0.3 is 15.6 Å². The number of para-hydroxylation sites is 1. The minimum Gasteiger partial charge on any atom is -0.370 e. The summed E-state index contributed by atoms with van der Waals surface area (Å²) in [5.74, 6) is 1.45. The highest BCUT2D eigenvalue weighted by Gasteiger charge is 2.07. The van der Waals surface area contributed by atoms with E-state index in [-0.39, 0.29) is 0 Å². The second-order valence-corrected chi connectivity index (χ2v) is 7.13. The molecule has 0 radical (unpaired) electrons. The fourth-order valence-electron chi connectivity index (χ4n) is 3.39. The highest BCUT2D eigenvalue weighted by Crippen LogP contribution is 2.22. The van der Waals surface area contributed by atoms with E-state index in [1.54, 1.807) is 0 Å². The smallest absolute Gasteiger partial charge is 0.229 e. The van der Waals surface area contributed by atoms with E-state index < -0.39 is 0 Å². The van der Waals surface area contributed by atoms with Crippen molar-refractivity contribution < 1.29 is 0 Å². The number of benzene rings is 2. The number of nitrogens with one attached hydrogen (secondary N) is 3. The number of rotatable bonds is 6. The molecule has 0 saturated carbocycles. The number of aromatic amines is 1. The van der Waals surface area contributed by atoms with Gasteiger partial charge in [0, 0.05) is 41.1 Å². The predicted molar refractivity (Wildman–Crippen MR) is 116 cm³/mol. The molecule has 0 aliphatic carbocycles. The average Bonchev–Trinajstić information content (AvgIpc) is 3.08. The maximum Gasteiger partial charge on any atom is 0.229 e. The molecule has 2 heterocycles. The summed E-state index contributed by atoms with van der Waals surface area (Å²) in [6.45, 7) is 7.01. The Morgan fingerprint density at radius 1 is 0.964 bits per heavy atom. The first-order valence-corrected chi connectivity index (χ1v) is 9.58. The largest absolute Gasteiger partial charge is 0.370 e. The number of H-pyrrole nitrogens is 1. The monoisotopic (exact) mass is 371 g/mol. The van der Waals surface area contributed by atoms with E-state index in [0.29, 0.717) is 5.95 Å². The summed E-state index contributed by atoms with van der Waals surface area (Å²) in [5, 5.41) is 8.07. The van der Waals surface area contributed by atoms with Gasteiger partial charge in [0.25, 0.3) is 0 Å². The van der Waals surface area contributed by atoms with Crippen LogP contribution in [0.4, 0.5) is 17.5 Å². The molecule has 0 bridgehead atoms. The quantitative estimate of drug-likeness (QED) is 0.431. The van der Waals surface area contributed by atoms with E-state index in [0.717, 1.165) is 30.2 Å². The summed E-state index contributed by atoms with van der Waals surface area (Å²) in [4.78, 5) is 12.5. The maximum absolute atomic E-state index is 4.64. The van der Waals surface area contributed by atoms with Crippen molar-refractivity contribution in [1.29, 1.82) is 0 Å². The molecule has 0 saturated heterocycles. The molecule has 4 aromatic rings. The van der Waals surface area contributed by atoms with Gasteiger partial charge in [0.05, 0.1) is 0 Å². The average molecular weight is 371 g/mol. The van der Waals surface area contributed by atoms with Crippen LogP contribution in [0.25, 0.3) is 10.9 Å². The van der Waals surface area contributed by atoms with Gasteiger partial charge in [-0.15, -0.1) is 0 Å². The Kier molecular flexibility index (Phi) is 4.98. The van der Waals surface area contributed by atoms with E-state index in [2.05, 4.69) is 82.0 Å². The van der Waals surface area contributed by atoms with Crippen LogP contribution < -0.4 is 10.6 Å². The lowest BCUT2D eigenvalue weighted by Gasteiger charge is -2.12. The van der Waals surface area contributed by atoms with Gasteiger partial charge >= 0.3 is 0 Å². The van der Waals surface area contributed by atoms with Gasteiger partial charge in [-0.25, -0.2) is 4.98 Å². The first-order chi connectivity index (χ1) is 13.6. The van der Waals surface area contributed by atoms with E-state index in [1.807, 2.05) is 19.1 Å². The summed E-state index contributed by atoms with van der Waals surface area (Å²) in [5.41, 5.74) is 6.90. The molecule has 4 rings (SSSR count). The summed E-state index contributed by atoms with van der Waals surface area (Å²) < 4.78 is 0. The van der Waals surface area contributed by atoms with E-state index in [1.165, 1.54) is 27.6 Å². The standard InChI is InChI=1S/C23H25N5/c1-15-7-6-10-20(17(15)3)27-23-26-16(2)13-22(28-23)24-12-11-18-14-25-21-9-5-4-8-19(18)21/h4-10,13-14,25H,11-12H2,1-3H3,(H2,24,26,27,28). The Morgan fingerprint density at radius 3 is 2.71 bits per heavy atom. The Morgan fingerprint density at radius 2 is 1.82 bits per heavy atom. The van der Waals surface area contributed by atoms with Gasteiger partial charge in [-0.3, -0.25) is 0 Å². The van der Waals surface area contributed by atoms with Crippen LogP contribution in [0.15, 0.2) is 54.7 Å². The molecule has 0 atom stereocenters. The Hall–Kier alpha value is -3.34. The SMILES string of the molecule is Cc1cc(NCCc2c[nH]c3ccccc23)nc(Nc2cccc(C)c2C)n1. The summed E-state index contributed by atoms with van der Waals surface area (Å²) in [7, 11) is 0. The van der Waals surface area contributed by atoms with Crippen molar-refractivity contribution in [3.8, 4) is 0 Å². The number of fused-ring (bicyclic) bond motifs is 1. The molecule has 2 aromatic carbocycles. The molecule has 0 aliphatic heterocycles. The van der Waals surface area contributed by atoms with Crippen LogP contribution in [0.1, 0.15) is 22.4 Å². The highest BCUT2D eigenvalue weighted by molar-refractivity contribution is 5.83. The zero-order chi connectivity index (χ0) is 19.5. The molecular formula is C23H25N5. The lowest BCUT2D eigenvalue weighted by molar-refractivity contribution is 1.00. The molecule has 2 aromatic heterocycles. The van der Waals surface area contributed by atoms with E-state index >= 15 is 0 Å². The van der Waals surface area contributed by atoms with Crippen molar-refractivity contribution in [2.45, 2.75) is 27.2 Å². The molecule has 3 N–H and O–H groups in total. The maximum atomic E-state index is 4.64. The second kappa shape index (κ2) is 7.72. The Bertz CT molecular complexity index is 1110. The van der Waals surface area contributed by atoms with Crippen molar-refractivity contribution in [3.05, 3.63) is 77.1 Å². The minimum atomic E-state index is 0.614. The van der Waals surface area contributed by atoms with Crippen LogP contribution in [0.3, 0.4) is 0 Å². The van der Waals surface area contributed by atoms with Crippen LogP contribution in [-0.4, -0.2) is 21.5 Å². The predicted octanol–water partition coefficient (Wildman–Crippen LogP) is 5.28. The lowest BCUT2D eigenvalue weighted by atomic mass is 10.1. The van der Waals surface area contributed by atoms with E-state index in [9.17, 15) is 0 Å². The topological polar surface area (TPSA) is 65.6 Å². The molecule has 5 heteroatoms. The van der Waals surface area contributed by atoms with Gasteiger partial charge in [-0.1, -0.05) is 30.3 Å². The molecule has 0 fully saturated rings. The summed E-state index contributed by atoms with van der Waals surface area (Å²) >= 11 is 0. The van der Waals surface area contributed by atoms with Crippen molar-refractivity contribution in [1.82, 2.24) is 15.0 Å². The summed E-state index contributed by atoms with van der Waals surface area (Å²) in [6, 6.07) is 16.6. The van der Waals surface area contributed by atoms with Gasteiger partial charge in [0.1, 0.15) is 5.82 Å². The Labute approximate surface area is 165 Å². The highest BCUT2D eigenvalue weighted by atomic mass is 15.1. The van der Waals surface area contributed by atoms with Crippen LogP contribution >= 0.6 is 0 Å². The van der Waals surface area contributed by atoms with Gasteiger partial charge in [-0.05, 0) is 56.0 Å². The second-order valence-electron chi connectivity index (χ2n) is 7.13.